The fourth-order valence-electron chi connectivity index (χ4n) is 2.75. The maximum atomic E-state index is 11.7. The summed E-state index contributed by atoms with van der Waals surface area (Å²) < 4.78 is 64.8. The van der Waals surface area contributed by atoms with Crippen molar-refractivity contribution in [3.63, 3.8) is 0 Å². The summed E-state index contributed by atoms with van der Waals surface area (Å²) in [6.45, 7) is 1.91. The maximum Gasteiger partial charge on any atom is 0.296 e. The van der Waals surface area contributed by atoms with E-state index in [9.17, 15) is 25.9 Å². The van der Waals surface area contributed by atoms with E-state index in [1.165, 1.54) is 0 Å². The minimum absolute atomic E-state index is 0.00983. The SMILES string of the molecule is Cc1ccc2nc(-c3nc4c(S(=O)(=O)O)cc(S(=O)(=O)O)cc4[nH]3)[nH]c2c1. The van der Waals surface area contributed by atoms with Crippen LogP contribution in [-0.2, 0) is 20.2 Å². The maximum absolute atomic E-state index is 11.7. The van der Waals surface area contributed by atoms with Crippen molar-refractivity contribution in [1.82, 2.24) is 19.9 Å². The Morgan fingerprint density at radius 2 is 1.52 bits per heavy atom. The van der Waals surface area contributed by atoms with Crippen molar-refractivity contribution in [2.75, 3.05) is 0 Å². The number of H-pyrrole nitrogens is 2. The highest BCUT2D eigenvalue weighted by atomic mass is 32.2. The standard InChI is InChI=1S/C15H12N4O6S2/c1-7-2-3-9-10(4-7)17-14(16-9)15-18-11-5-8(26(20,21)22)6-12(13(11)19-15)27(23,24)25/h2-6H,1H3,(H,16,17)(H,18,19)(H,20,21,22)(H,23,24,25). The fraction of sp³-hybridized carbons (Fsp3) is 0.0667. The third-order valence-corrected chi connectivity index (χ3v) is 5.66. The molecule has 4 aromatic rings. The Hall–Kier alpha value is -2.80. The predicted octanol–water partition coefficient (Wildman–Crippen LogP) is 1.91. The molecule has 140 valence electrons. The number of hydrogen-bond acceptors (Lipinski definition) is 6. The van der Waals surface area contributed by atoms with Crippen LogP contribution >= 0.6 is 0 Å². The first-order valence-corrected chi connectivity index (χ1v) is 10.4. The molecule has 27 heavy (non-hydrogen) atoms. The van der Waals surface area contributed by atoms with E-state index in [2.05, 4.69) is 19.9 Å². The van der Waals surface area contributed by atoms with Gasteiger partial charge in [0.1, 0.15) is 10.4 Å². The second-order valence-corrected chi connectivity index (χ2v) is 8.77. The summed E-state index contributed by atoms with van der Waals surface area (Å²) in [5.41, 5.74) is 2.21. The first-order chi connectivity index (χ1) is 12.5. The number of imidazole rings is 2. The van der Waals surface area contributed by atoms with Gasteiger partial charge in [-0.1, -0.05) is 6.07 Å². The molecule has 0 atom stereocenters. The lowest BCUT2D eigenvalue weighted by Crippen LogP contribution is -2.04. The Morgan fingerprint density at radius 3 is 2.19 bits per heavy atom. The van der Waals surface area contributed by atoms with Crippen molar-refractivity contribution in [3.8, 4) is 11.6 Å². The molecule has 0 spiro atoms. The Labute approximate surface area is 152 Å². The Kier molecular flexibility index (Phi) is 3.65. The lowest BCUT2D eigenvalue weighted by Gasteiger charge is -2.02. The van der Waals surface area contributed by atoms with Crippen molar-refractivity contribution < 1.29 is 25.9 Å². The van der Waals surface area contributed by atoms with Crippen LogP contribution in [0.4, 0.5) is 0 Å². The number of rotatable bonds is 3. The summed E-state index contributed by atoms with van der Waals surface area (Å²) >= 11 is 0. The zero-order valence-corrected chi connectivity index (χ0v) is 15.3. The highest BCUT2D eigenvalue weighted by Crippen LogP contribution is 2.28. The van der Waals surface area contributed by atoms with Gasteiger partial charge in [0, 0.05) is 0 Å². The number of fused-ring (bicyclic) bond motifs is 2. The molecule has 0 fully saturated rings. The molecule has 2 aromatic heterocycles. The van der Waals surface area contributed by atoms with Crippen molar-refractivity contribution in [2.24, 2.45) is 0 Å². The van der Waals surface area contributed by atoms with Crippen molar-refractivity contribution in [1.29, 1.82) is 0 Å². The second-order valence-electron chi connectivity index (χ2n) is 5.96. The van der Waals surface area contributed by atoms with Gasteiger partial charge in [-0.05, 0) is 36.8 Å². The number of aromatic nitrogens is 4. The van der Waals surface area contributed by atoms with Crippen molar-refractivity contribution in [3.05, 3.63) is 35.9 Å². The van der Waals surface area contributed by atoms with Crippen LogP contribution in [-0.4, -0.2) is 45.9 Å². The molecule has 4 rings (SSSR count). The van der Waals surface area contributed by atoms with Crippen LogP contribution in [0.15, 0.2) is 40.1 Å². The van der Waals surface area contributed by atoms with E-state index in [1.807, 2.05) is 19.1 Å². The van der Waals surface area contributed by atoms with E-state index >= 15 is 0 Å². The van der Waals surface area contributed by atoms with Crippen LogP contribution < -0.4 is 0 Å². The Bertz CT molecular complexity index is 1430. The normalized spacial score (nSPS) is 12.9. The number of aromatic amines is 2. The molecule has 0 aliphatic heterocycles. The number of aryl methyl sites for hydroxylation is 1. The van der Waals surface area contributed by atoms with Crippen molar-refractivity contribution in [2.45, 2.75) is 16.7 Å². The highest BCUT2D eigenvalue weighted by Gasteiger charge is 2.23. The van der Waals surface area contributed by atoms with Crippen LogP contribution in [0.25, 0.3) is 33.7 Å². The first kappa shape index (κ1) is 17.6. The second kappa shape index (κ2) is 5.60. The van der Waals surface area contributed by atoms with E-state index in [4.69, 9.17) is 0 Å². The average Bonchev–Trinajstić information content (AvgIpc) is 3.14. The van der Waals surface area contributed by atoms with Gasteiger partial charge >= 0.3 is 0 Å². The molecule has 0 aliphatic carbocycles. The molecule has 2 aromatic carbocycles. The van der Waals surface area contributed by atoms with Crippen LogP contribution in [0.3, 0.4) is 0 Å². The van der Waals surface area contributed by atoms with Gasteiger partial charge in [-0.2, -0.15) is 16.8 Å². The molecule has 0 saturated carbocycles. The molecule has 2 heterocycles. The number of nitrogens with one attached hydrogen (secondary N) is 2. The summed E-state index contributed by atoms with van der Waals surface area (Å²) in [7, 11) is -9.50. The third-order valence-electron chi connectivity index (χ3n) is 3.96. The number of benzene rings is 2. The molecular formula is C15H12N4O6S2. The smallest absolute Gasteiger partial charge is 0.296 e. The lowest BCUT2D eigenvalue weighted by atomic mass is 10.2. The first-order valence-electron chi connectivity index (χ1n) is 7.48. The van der Waals surface area contributed by atoms with E-state index in [-0.39, 0.29) is 16.9 Å². The molecule has 0 amide bonds. The van der Waals surface area contributed by atoms with Crippen molar-refractivity contribution >= 4 is 42.3 Å². The Morgan fingerprint density at radius 1 is 0.852 bits per heavy atom. The molecule has 0 unspecified atom stereocenters. The number of nitrogens with zero attached hydrogens (tertiary/aromatic N) is 2. The Balaban J connectivity index is 2.00. The highest BCUT2D eigenvalue weighted by molar-refractivity contribution is 7.86. The topological polar surface area (TPSA) is 166 Å². The van der Waals surface area contributed by atoms with Gasteiger partial charge in [0.05, 0.1) is 21.4 Å². The van der Waals surface area contributed by atoms with E-state index in [0.717, 1.165) is 17.1 Å². The van der Waals surface area contributed by atoms with Crippen LogP contribution in [0.5, 0.6) is 0 Å². The quantitative estimate of drug-likeness (QED) is 0.373. The fourth-order valence-corrected chi connectivity index (χ4v) is 4.04. The molecule has 0 saturated heterocycles. The van der Waals surface area contributed by atoms with Gasteiger partial charge < -0.3 is 9.97 Å². The summed E-state index contributed by atoms with van der Waals surface area (Å²) in [6, 6.07) is 7.20. The average molecular weight is 408 g/mol. The molecular weight excluding hydrogens is 396 g/mol. The molecule has 0 radical (unpaired) electrons. The minimum atomic E-state index is -4.80. The number of hydrogen-bond donors (Lipinski definition) is 4. The third kappa shape index (κ3) is 3.08. The van der Waals surface area contributed by atoms with E-state index in [0.29, 0.717) is 17.4 Å². The van der Waals surface area contributed by atoms with Gasteiger partial charge in [0.2, 0.25) is 0 Å². The monoisotopic (exact) mass is 408 g/mol. The summed E-state index contributed by atoms with van der Waals surface area (Å²) in [6.07, 6.45) is 0. The zero-order chi connectivity index (χ0) is 19.6. The van der Waals surface area contributed by atoms with Gasteiger partial charge in [0.25, 0.3) is 20.2 Å². The van der Waals surface area contributed by atoms with Gasteiger partial charge in [-0.3, -0.25) is 9.11 Å². The van der Waals surface area contributed by atoms with Crippen LogP contribution in [0.2, 0.25) is 0 Å². The largest absolute Gasteiger partial charge is 0.335 e. The van der Waals surface area contributed by atoms with E-state index in [1.54, 1.807) is 6.07 Å². The van der Waals surface area contributed by atoms with Crippen LogP contribution in [0, 0.1) is 6.92 Å². The molecule has 10 nitrogen and oxygen atoms in total. The predicted molar refractivity (Wildman–Crippen MR) is 95.5 cm³/mol. The van der Waals surface area contributed by atoms with Gasteiger partial charge in [-0.15, -0.1) is 0 Å². The summed E-state index contributed by atoms with van der Waals surface area (Å²) in [5.74, 6) is 0.428. The molecule has 4 N–H and O–H groups in total. The lowest BCUT2D eigenvalue weighted by molar-refractivity contribution is 0.482. The summed E-state index contributed by atoms with van der Waals surface area (Å²) in [5, 5.41) is 0. The summed E-state index contributed by atoms with van der Waals surface area (Å²) in [4.78, 5) is 12.8. The van der Waals surface area contributed by atoms with Gasteiger partial charge in [-0.25, -0.2) is 9.97 Å². The molecule has 12 heteroatoms. The van der Waals surface area contributed by atoms with E-state index < -0.39 is 30.0 Å². The van der Waals surface area contributed by atoms with Crippen LogP contribution in [0.1, 0.15) is 5.56 Å². The minimum Gasteiger partial charge on any atom is -0.335 e. The molecule has 0 aliphatic rings. The molecule has 0 bridgehead atoms. The van der Waals surface area contributed by atoms with Gasteiger partial charge in [0.15, 0.2) is 11.6 Å². The zero-order valence-electron chi connectivity index (χ0n) is 13.6.